The Morgan fingerprint density at radius 3 is 2.43 bits per heavy atom. The van der Waals surface area contributed by atoms with Gasteiger partial charge >= 0.3 is 5.97 Å². The van der Waals surface area contributed by atoms with Crippen molar-refractivity contribution in [3.8, 4) is 0 Å². The molecule has 0 atom stereocenters. The van der Waals surface area contributed by atoms with Gasteiger partial charge in [-0.25, -0.2) is 13.2 Å². The molecule has 0 saturated heterocycles. The van der Waals surface area contributed by atoms with Crippen LogP contribution in [-0.4, -0.2) is 46.4 Å². The second-order valence-corrected chi connectivity index (χ2v) is 6.71. The van der Waals surface area contributed by atoms with Gasteiger partial charge in [0.25, 0.3) is 0 Å². The molecule has 0 saturated carbocycles. The maximum absolute atomic E-state index is 12.1. The van der Waals surface area contributed by atoms with Crippen LogP contribution in [0.15, 0.2) is 44.6 Å². The van der Waals surface area contributed by atoms with Gasteiger partial charge in [0, 0.05) is 17.0 Å². The molecular weight excluding hydrogens is 364 g/mol. The Hall–Kier alpha value is -1.22. The lowest BCUT2D eigenvalue weighted by atomic mass is 10.3. The van der Waals surface area contributed by atoms with Crippen molar-refractivity contribution in [1.82, 2.24) is 0 Å². The van der Waals surface area contributed by atoms with Crippen LogP contribution in [0.25, 0.3) is 0 Å². The third-order valence-corrected chi connectivity index (χ3v) is 4.46. The number of hydrogen-bond acceptors (Lipinski definition) is 5. The lowest BCUT2D eigenvalue weighted by Gasteiger charge is -2.05. The molecule has 0 aliphatic rings. The monoisotopic (exact) mass is 378 g/mol. The van der Waals surface area contributed by atoms with Gasteiger partial charge in [0.05, 0.1) is 30.3 Å². The maximum atomic E-state index is 12.1. The van der Waals surface area contributed by atoms with Crippen molar-refractivity contribution < 1.29 is 27.8 Å². The zero-order chi connectivity index (χ0) is 15.9. The fourth-order valence-electron chi connectivity index (χ4n) is 1.35. The highest BCUT2D eigenvalue weighted by Gasteiger charge is 2.17. The van der Waals surface area contributed by atoms with Crippen LogP contribution >= 0.6 is 15.9 Å². The van der Waals surface area contributed by atoms with Gasteiger partial charge in [0.2, 0.25) is 0 Å². The average Bonchev–Trinajstić information content (AvgIpc) is 2.42. The first kappa shape index (κ1) is 17.8. The van der Waals surface area contributed by atoms with Crippen LogP contribution in [0.1, 0.15) is 0 Å². The summed E-state index contributed by atoms with van der Waals surface area (Å²) in [5, 5.41) is 9.75. The Kier molecular flexibility index (Phi) is 7.03. The van der Waals surface area contributed by atoms with Crippen LogP contribution in [0.2, 0.25) is 0 Å². The van der Waals surface area contributed by atoms with Crippen molar-refractivity contribution in [1.29, 1.82) is 0 Å². The SMILES string of the molecule is COCCOC/C(=C/S(=O)(=O)c1ccc(Br)cc1)C(=O)O. The normalized spacial score (nSPS) is 12.4. The zero-order valence-electron chi connectivity index (χ0n) is 11.3. The molecule has 0 unspecified atom stereocenters. The highest BCUT2D eigenvalue weighted by Crippen LogP contribution is 2.18. The minimum absolute atomic E-state index is 0.0151. The van der Waals surface area contributed by atoms with E-state index in [0.717, 1.165) is 4.47 Å². The van der Waals surface area contributed by atoms with Crippen molar-refractivity contribution in [2.24, 2.45) is 0 Å². The molecule has 0 amide bonds. The molecule has 0 spiro atoms. The fraction of sp³-hybridized carbons (Fsp3) is 0.308. The van der Waals surface area contributed by atoms with Crippen LogP contribution in [0.4, 0.5) is 0 Å². The van der Waals surface area contributed by atoms with E-state index < -0.39 is 15.8 Å². The van der Waals surface area contributed by atoms with Crippen molar-refractivity contribution in [2.45, 2.75) is 4.90 Å². The molecule has 0 radical (unpaired) electrons. The highest BCUT2D eigenvalue weighted by molar-refractivity contribution is 9.10. The number of carboxylic acids is 1. The summed E-state index contributed by atoms with van der Waals surface area (Å²) in [7, 11) is -2.36. The fourth-order valence-corrected chi connectivity index (χ4v) is 2.81. The topological polar surface area (TPSA) is 89.9 Å². The molecule has 1 N–H and O–H groups in total. The molecule has 1 aromatic rings. The summed E-state index contributed by atoms with van der Waals surface area (Å²) in [6.07, 6.45) is 0. The second kappa shape index (κ2) is 8.28. The van der Waals surface area contributed by atoms with E-state index in [1.807, 2.05) is 0 Å². The number of hydrogen-bond donors (Lipinski definition) is 1. The molecule has 0 heterocycles. The van der Waals surface area contributed by atoms with Crippen LogP contribution in [0.3, 0.4) is 0 Å². The Balaban J connectivity index is 2.92. The Bertz CT molecular complexity index is 606. The number of halogens is 1. The number of rotatable bonds is 8. The summed E-state index contributed by atoms with van der Waals surface area (Å²) in [5.74, 6) is -1.34. The number of methoxy groups -OCH3 is 1. The highest BCUT2D eigenvalue weighted by atomic mass is 79.9. The Morgan fingerprint density at radius 1 is 1.29 bits per heavy atom. The van der Waals surface area contributed by atoms with Crippen LogP contribution in [0.5, 0.6) is 0 Å². The van der Waals surface area contributed by atoms with E-state index in [1.165, 1.54) is 19.2 Å². The summed E-state index contributed by atoms with van der Waals surface area (Å²) in [5.41, 5.74) is -0.339. The predicted molar refractivity (Wildman–Crippen MR) is 79.7 cm³/mol. The van der Waals surface area contributed by atoms with Gasteiger partial charge in [0.15, 0.2) is 9.84 Å². The minimum atomic E-state index is -3.84. The van der Waals surface area contributed by atoms with Gasteiger partial charge in [-0.1, -0.05) is 15.9 Å². The number of benzene rings is 1. The first-order valence-corrected chi connectivity index (χ1v) is 8.22. The lowest BCUT2D eigenvalue weighted by molar-refractivity contribution is -0.133. The van der Waals surface area contributed by atoms with Crippen LogP contribution in [-0.2, 0) is 24.1 Å². The predicted octanol–water partition coefficient (Wildman–Crippen LogP) is 1.85. The van der Waals surface area contributed by atoms with Gasteiger partial charge in [-0.05, 0) is 24.3 Å². The van der Waals surface area contributed by atoms with Crippen molar-refractivity contribution in [2.75, 3.05) is 26.9 Å². The van der Waals surface area contributed by atoms with Gasteiger partial charge in [0.1, 0.15) is 0 Å². The molecule has 0 aliphatic heterocycles. The molecule has 21 heavy (non-hydrogen) atoms. The smallest absolute Gasteiger partial charge is 0.334 e. The number of aliphatic carboxylic acids is 1. The van der Waals surface area contributed by atoms with E-state index in [0.29, 0.717) is 12.0 Å². The summed E-state index contributed by atoms with van der Waals surface area (Å²) in [4.78, 5) is 11.1. The third kappa shape index (κ3) is 5.96. The largest absolute Gasteiger partial charge is 0.478 e. The maximum Gasteiger partial charge on any atom is 0.334 e. The standard InChI is InChI=1S/C13H15BrO6S/c1-19-6-7-20-8-10(13(15)16)9-21(17,18)12-4-2-11(14)3-5-12/h2-5,9H,6-8H2,1H3,(H,15,16)/b10-9-. The Labute approximate surface area is 131 Å². The van der Waals surface area contributed by atoms with Gasteiger partial charge in [-0.3, -0.25) is 0 Å². The molecule has 1 rings (SSSR count). The average molecular weight is 379 g/mol. The zero-order valence-corrected chi connectivity index (χ0v) is 13.7. The summed E-state index contributed by atoms with van der Waals surface area (Å²) in [6, 6.07) is 5.91. The molecule has 0 bridgehead atoms. The summed E-state index contributed by atoms with van der Waals surface area (Å²) >= 11 is 3.20. The molecule has 0 aliphatic carbocycles. The van der Waals surface area contributed by atoms with Crippen molar-refractivity contribution >= 4 is 31.7 Å². The number of carboxylic acid groups (broad SMARTS) is 1. The van der Waals surface area contributed by atoms with Gasteiger partial charge in [-0.2, -0.15) is 0 Å². The van der Waals surface area contributed by atoms with Gasteiger partial charge in [-0.15, -0.1) is 0 Å². The second-order valence-electron chi connectivity index (χ2n) is 3.99. The quantitative estimate of drug-likeness (QED) is 0.548. The molecular formula is C13H15BrO6S. The summed E-state index contributed by atoms with van der Waals surface area (Å²) in [6.45, 7) is 0.167. The summed E-state index contributed by atoms with van der Waals surface area (Å²) < 4.78 is 34.8. The molecule has 0 fully saturated rings. The molecule has 0 aromatic heterocycles. The number of sulfone groups is 1. The molecule has 116 valence electrons. The third-order valence-electron chi connectivity index (χ3n) is 2.40. The molecule has 8 heteroatoms. The van der Waals surface area contributed by atoms with E-state index in [1.54, 1.807) is 12.1 Å². The van der Waals surface area contributed by atoms with Gasteiger partial charge < -0.3 is 14.6 Å². The first-order valence-electron chi connectivity index (χ1n) is 5.88. The van der Waals surface area contributed by atoms with Crippen molar-refractivity contribution in [3.05, 3.63) is 39.7 Å². The number of carbonyl (C=O) groups is 1. The Morgan fingerprint density at radius 2 is 1.90 bits per heavy atom. The van der Waals surface area contributed by atoms with E-state index in [2.05, 4.69) is 15.9 Å². The first-order chi connectivity index (χ1) is 9.86. The molecule has 6 nitrogen and oxygen atoms in total. The van der Waals surface area contributed by atoms with E-state index >= 15 is 0 Å². The minimum Gasteiger partial charge on any atom is -0.478 e. The lowest BCUT2D eigenvalue weighted by Crippen LogP contribution is -2.13. The van der Waals surface area contributed by atoms with Crippen LogP contribution < -0.4 is 0 Å². The number of ether oxygens (including phenoxy) is 2. The van der Waals surface area contributed by atoms with E-state index in [9.17, 15) is 13.2 Å². The van der Waals surface area contributed by atoms with E-state index in [4.69, 9.17) is 14.6 Å². The van der Waals surface area contributed by atoms with E-state index in [-0.39, 0.29) is 23.7 Å². The van der Waals surface area contributed by atoms with Crippen molar-refractivity contribution in [3.63, 3.8) is 0 Å². The van der Waals surface area contributed by atoms with Crippen LogP contribution in [0, 0.1) is 0 Å². The molecule has 1 aromatic carbocycles.